The Morgan fingerprint density at radius 1 is 1.00 bits per heavy atom. The molecule has 0 aliphatic carbocycles. The van der Waals surface area contributed by atoms with Crippen molar-refractivity contribution in [2.24, 2.45) is 0 Å². The maximum absolute atomic E-state index is 13.2. The lowest BCUT2D eigenvalue weighted by Gasteiger charge is -2.26. The Morgan fingerprint density at radius 3 is 2.42 bits per heavy atom. The molecule has 168 valence electrons. The van der Waals surface area contributed by atoms with Crippen LogP contribution in [-0.4, -0.2) is 22.4 Å². The molecule has 1 unspecified atom stereocenters. The molecule has 7 heteroatoms. The predicted octanol–water partition coefficient (Wildman–Crippen LogP) is 5.37. The van der Waals surface area contributed by atoms with Gasteiger partial charge in [0.05, 0.1) is 5.69 Å². The highest BCUT2D eigenvalue weighted by Gasteiger charge is 2.37. The Morgan fingerprint density at radius 2 is 1.73 bits per heavy atom. The number of benzene rings is 2. The summed E-state index contributed by atoms with van der Waals surface area (Å²) in [5.74, 6) is -1.01. The average molecular weight is 462 g/mol. The number of nitrogens with one attached hydrogen (secondary N) is 1. The average Bonchev–Trinajstić information content (AvgIpc) is 3.24. The van der Waals surface area contributed by atoms with Crippen LogP contribution in [0.5, 0.6) is 0 Å². The molecule has 1 aliphatic heterocycles. The van der Waals surface area contributed by atoms with Crippen molar-refractivity contribution >= 4 is 41.2 Å². The van der Waals surface area contributed by atoms with Gasteiger partial charge >= 0.3 is 6.03 Å². The zero-order valence-corrected chi connectivity index (χ0v) is 19.2. The quantitative estimate of drug-likeness (QED) is 0.396. The third kappa shape index (κ3) is 4.61. The molecule has 2 aromatic carbocycles. The van der Waals surface area contributed by atoms with E-state index >= 15 is 0 Å². The predicted molar refractivity (Wildman–Crippen MR) is 129 cm³/mol. The molecule has 4 rings (SSSR count). The fraction of sp³-hybridized carbons (Fsp3) is 0.192. The number of hydrogen-bond acceptors (Lipinski definition) is 3. The van der Waals surface area contributed by atoms with E-state index in [-0.39, 0.29) is 5.57 Å². The van der Waals surface area contributed by atoms with Gasteiger partial charge in [0.1, 0.15) is 5.57 Å². The van der Waals surface area contributed by atoms with Crippen LogP contribution in [-0.2, 0) is 16.1 Å². The van der Waals surface area contributed by atoms with Crippen LogP contribution in [0.3, 0.4) is 0 Å². The van der Waals surface area contributed by atoms with E-state index in [4.69, 9.17) is 11.6 Å². The normalized spacial score (nSPS) is 16.3. The van der Waals surface area contributed by atoms with Gasteiger partial charge < -0.3 is 4.57 Å². The molecule has 4 amide bonds. The van der Waals surface area contributed by atoms with Crippen molar-refractivity contribution in [3.63, 3.8) is 0 Å². The molecule has 0 bridgehead atoms. The Bertz CT molecular complexity index is 1240. The van der Waals surface area contributed by atoms with E-state index in [2.05, 4.69) is 19.2 Å². The third-order valence-electron chi connectivity index (χ3n) is 5.89. The fourth-order valence-electron chi connectivity index (χ4n) is 3.74. The van der Waals surface area contributed by atoms with Crippen molar-refractivity contribution in [2.45, 2.75) is 32.7 Å². The van der Waals surface area contributed by atoms with E-state index in [0.717, 1.165) is 22.4 Å². The lowest BCUT2D eigenvalue weighted by Crippen LogP contribution is -2.54. The van der Waals surface area contributed by atoms with Gasteiger partial charge in [-0.3, -0.25) is 14.9 Å². The van der Waals surface area contributed by atoms with Gasteiger partial charge in [-0.1, -0.05) is 55.8 Å². The van der Waals surface area contributed by atoms with Crippen LogP contribution in [0, 0.1) is 0 Å². The van der Waals surface area contributed by atoms with Crippen LogP contribution >= 0.6 is 11.6 Å². The summed E-state index contributed by atoms with van der Waals surface area (Å²) in [4.78, 5) is 39.3. The van der Waals surface area contributed by atoms with E-state index in [1.807, 2.05) is 53.2 Å². The summed E-state index contributed by atoms with van der Waals surface area (Å²) in [6, 6.07) is 17.6. The third-order valence-corrected chi connectivity index (χ3v) is 6.26. The number of carbonyl (C=O) groups is 3. The monoisotopic (exact) mass is 461 g/mol. The minimum absolute atomic E-state index is 0.111. The molecule has 1 N–H and O–H groups in total. The van der Waals surface area contributed by atoms with Crippen molar-refractivity contribution in [1.29, 1.82) is 0 Å². The Labute approximate surface area is 197 Å². The topological polar surface area (TPSA) is 71.4 Å². The molecule has 1 saturated heterocycles. The van der Waals surface area contributed by atoms with Crippen LogP contribution in [0.2, 0.25) is 5.02 Å². The molecule has 1 aromatic heterocycles. The van der Waals surface area contributed by atoms with Crippen LogP contribution in [0.1, 0.15) is 43.0 Å². The second-order valence-corrected chi connectivity index (χ2v) is 8.42. The molecule has 0 radical (unpaired) electrons. The van der Waals surface area contributed by atoms with Gasteiger partial charge in [0, 0.05) is 23.5 Å². The first-order valence-corrected chi connectivity index (χ1v) is 11.2. The fourth-order valence-corrected chi connectivity index (χ4v) is 3.94. The number of barbiturate groups is 1. The van der Waals surface area contributed by atoms with Crippen molar-refractivity contribution in [3.05, 3.63) is 94.3 Å². The molecule has 3 aromatic rings. The number of halogens is 1. The van der Waals surface area contributed by atoms with Crippen molar-refractivity contribution < 1.29 is 14.4 Å². The van der Waals surface area contributed by atoms with E-state index in [1.54, 1.807) is 18.2 Å². The van der Waals surface area contributed by atoms with Gasteiger partial charge in [-0.25, -0.2) is 9.69 Å². The van der Waals surface area contributed by atoms with E-state index in [9.17, 15) is 14.4 Å². The number of nitrogens with zero attached hydrogens (tertiary/aromatic N) is 2. The first-order chi connectivity index (χ1) is 15.9. The van der Waals surface area contributed by atoms with E-state index in [0.29, 0.717) is 28.9 Å². The zero-order valence-electron chi connectivity index (χ0n) is 18.4. The zero-order chi connectivity index (χ0) is 23.5. The lowest BCUT2D eigenvalue weighted by molar-refractivity contribution is -0.122. The summed E-state index contributed by atoms with van der Waals surface area (Å²) in [6.45, 7) is 4.69. The molecule has 33 heavy (non-hydrogen) atoms. The standard InChI is InChI=1S/C26H24ClN3O3/c1-3-17(2)18-10-12-20(13-11-18)30-25(32)22(24(31)28-26(30)33)15-21-8-6-14-29(21)16-19-7-4-5-9-23(19)27/h4-15,17H,3,16H2,1-2H3,(H,28,31,33). The molecule has 0 saturated carbocycles. The molecule has 2 heterocycles. The highest BCUT2D eigenvalue weighted by molar-refractivity contribution is 6.39. The number of carbonyl (C=O) groups excluding carboxylic acids is 3. The van der Waals surface area contributed by atoms with Crippen LogP contribution in [0.15, 0.2) is 72.4 Å². The number of urea groups is 1. The van der Waals surface area contributed by atoms with Gasteiger partial charge in [0.15, 0.2) is 0 Å². The number of imide groups is 2. The second kappa shape index (κ2) is 9.46. The SMILES string of the molecule is CCC(C)c1ccc(N2C(=O)NC(=O)C(=Cc3cccn3Cc3ccccc3Cl)C2=O)cc1. The van der Waals surface area contributed by atoms with Gasteiger partial charge in [-0.05, 0) is 59.9 Å². The van der Waals surface area contributed by atoms with Gasteiger partial charge in [0.25, 0.3) is 11.8 Å². The molecule has 1 atom stereocenters. The largest absolute Gasteiger partial charge is 0.343 e. The van der Waals surface area contributed by atoms with Gasteiger partial charge in [-0.2, -0.15) is 0 Å². The molecule has 6 nitrogen and oxygen atoms in total. The maximum atomic E-state index is 13.2. The summed E-state index contributed by atoms with van der Waals surface area (Å²) in [5.41, 5.74) is 2.98. The Balaban J connectivity index is 1.64. The molecule has 1 fully saturated rings. The number of anilines is 1. The van der Waals surface area contributed by atoms with E-state index in [1.165, 1.54) is 6.08 Å². The highest BCUT2D eigenvalue weighted by Crippen LogP contribution is 2.26. The summed E-state index contributed by atoms with van der Waals surface area (Å²) in [6.07, 6.45) is 4.33. The summed E-state index contributed by atoms with van der Waals surface area (Å²) in [5, 5.41) is 2.91. The molecule has 0 spiro atoms. The van der Waals surface area contributed by atoms with Crippen LogP contribution in [0.4, 0.5) is 10.5 Å². The number of hydrogen-bond donors (Lipinski definition) is 1. The number of amides is 4. The van der Waals surface area contributed by atoms with Gasteiger partial charge in [-0.15, -0.1) is 0 Å². The van der Waals surface area contributed by atoms with Crippen molar-refractivity contribution in [1.82, 2.24) is 9.88 Å². The lowest BCUT2D eigenvalue weighted by atomic mass is 9.98. The van der Waals surface area contributed by atoms with Crippen LogP contribution in [0.25, 0.3) is 6.08 Å². The van der Waals surface area contributed by atoms with Crippen molar-refractivity contribution in [2.75, 3.05) is 4.90 Å². The molecular weight excluding hydrogens is 438 g/mol. The van der Waals surface area contributed by atoms with E-state index < -0.39 is 17.8 Å². The minimum Gasteiger partial charge on any atom is -0.343 e. The molecular formula is C26H24ClN3O3. The summed E-state index contributed by atoms with van der Waals surface area (Å²) >= 11 is 6.28. The number of aromatic nitrogens is 1. The highest BCUT2D eigenvalue weighted by atomic mass is 35.5. The smallest absolute Gasteiger partial charge is 0.335 e. The van der Waals surface area contributed by atoms with Crippen molar-refractivity contribution in [3.8, 4) is 0 Å². The number of rotatable bonds is 6. The summed E-state index contributed by atoms with van der Waals surface area (Å²) in [7, 11) is 0. The van der Waals surface area contributed by atoms with Crippen LogP contribution < -0.4 is 10.2 Å². The Hall–Kier alpha value is -3.64. The first-order valence-electron chi connectivity index (χ1n) is 10.8. The first kappa shape index (κ1) is 22.6. The maximum Gasteiger partial charge on any atom is 0.335 e. The Kier molecular flexibility index (Phi) is 6.47. The second-order valence-electron chi connectivity index (χ2n) is 8.01. The van der Waals surface area contributed by atoms with Gasteiger partial charge in [0.2, 0.25) is 0 Å². The summed E-state index contributed by atoms with van der Waals surface area (Å²) < 4.78 is 1.89. The molecule has 1 aliphatic rings. The minimum atomic E-state index is -0.759.